The van der Waals surface area contributed by atoms with E-state index in [1.54, 1.807) is 0 Å². The molecule has 6 nitrogen and oxygen atoms in total. The molecule has 0 saturated heterocycles. The van der Waals surface area contributed by atoms with Crippen LogP contribution in [0.3, 0.4) is 0 Å². The Labute approximate surface area is 168 Å². The maximum atomic E-state index is 14.5. The Morgan fingerprint density at radius 2 is 1.29 bits per heavy atom. The van der Waals surface area contributed by atoms with Crippen LogP contribution in [0.4, 0.5) is 26.3 Å². The number of halogens is 6. The lowest BCUT2D eigenvalue weighted by molar-refractivity contribution is -0.144. The summed E-state index contributed by atoms with van der Waals surface area (Å²) < 4.78 is 81.2. The second-order valence-corrected chi connectivity index (χ2v) is 5.50. The van der Waals surface area contributed by atoms with Crippen LogP contribution in [0, 0.1) is 74.2 Å². The van der Waals surface area contributed by atoms with Crippen molar-refractivity contribution in [1.29, 1.82) is 26.3 Å². The molecule has 0 spiro atoms. The van der Waals surface area contributed by atoms with Crippen molar-refractivity contribution < 1.29 is 26.3 Å². The van der Waals surface area contributed by atoms with Crippen LogP contribution < -0.4 is 10.4 Å². The molecule has 0 saturated carbocycles. The Bertz CT molecular complexity index is 1440. The Morgan fingerprint density at radius 3 is 1.74 bits per heavy atom. The van der Waals surface area contributed by atoms with Gasteiger partial charge in [-0.2, -0.15) is 43.9 Å². The van der Waals surface area contributed by atoms with Gasteiger partial charge in [0.1, 0.15) is 23.8 Å². The molecular weight excluding hydrogens is 426 g/mol. The van der Waals surface area contributed by atoms with Crippen molar-refractivity contribution in [3.05, 3.63) is 62.5 Å². The van der Waals surface area contributed by atoms with Crippen LogP contribution >= 0.6 is 0 Å². The summed E-state index contributed by atoms with van der Waals surface area (Å²) in [6.45, 7) is 0. The van der Waals surface area contributed by atoms with E-state index in [0.29, 0.717) is 6.07 Å². The second kappa shape index (κ2) is 8.25. The minimum absolute atomic E-state index is 0.358. The van der Waals surface area contributed by atoms with Crippen molar-refractivity contribution in [2.24, 2.45) is 0 Å². The van der Waals surface area contributed by atoms with Crippen molar-refractivity contribution >= 4 is 11.1 Å². The van der Waals surface area contributed by atoms with Gasteiger partial charge in [-0.3, -0.25) is 0 Å². The van der Waals surface area contributed by atoms with Gasteiger partial charge in [0.25, 0.3) is 0 Å². The van der Waals surface area contributed by atoms with Crippen LogP contribution in [0.2, 0.25) is 0 Å². The van der Waals surface area contributed by atoms with E-state index >= 15 is 0 Å². The van der Waals surface area contributed by atoms with E-state index in [0.717, 1.165) is 6.07 Å². The van der Waals surface area contributed by atoms with Crippen molar-refractivity contribution in [2.75, 3.05) is 0 Å². The Morgan fingerprint density at radius 1 is 0.774 bits per heavy atom. The molecule has 2 rings (SSSR count). The standard InChI is InChI=1S/C19H2F6N6/c20-15-14(16(21)18(22)31-17(15)19(23,24)25)13(7-30)12-2-8(3-26)11(1-9(12)4-27)10(5-28)6-29/h1-2H/b13-12-. The number of nitrogens with zero attached hydrogens (tertiary/aromatic N) is 6. The molecule has 2 aromatic rings. The highest BCUT2D eigenvalue weighted by atomic mass is 19.4. The molecule has 1 aromatic carbocycles. The van der Waals surface area contributed by atoms with Gasteiger partial charge in [0.15, 0.2) is 17.3 Å². The van der Waals surface area contributed by atoms with Gasteiger partial charge < -0.3 is 0 Å². The van der Waals surface area contributed by atoms with Crippen molar-refractivity contribution in [3.63, 3.8) is 0 Å². The van der Waals surface area contributed by atoms with Crippen LogP contribution in [-0.2, 0) is 6.18 Å². The number of aromatic nitrogens is 1. The minimum atomic E-state index is -5.54. The first-order valence-corrected chi connectivity index (χ1v) is 7.60. The third-order valence-electron chi connectivity index (χ3n) is 3.83. The van der Waals surface area contributed by atoms with E-state index in [1.165, 1.54) is 30.3 Å². The summed E-state index contributed by atoms with van der Waals surface area (Å²) in [5.41, 5.74) is -7.18. The van der Waals surface area contributed by atoms with Crippen molar-refractivity contribution in [3.8, 4) is 30.3 Å². The van der Waals surface area contributed by atoms with Crippen LogP contribution in [0.1, 0.15) is 22.4 Å². The normalized spacial score (nSPS) is 11.3. The lowest BCUT2D eigenvalue weighted by Gasteiger charge is -2.12. The molecular formula is C19H2F6N6. The highest BCUT2D eigenvalue weighted by Crippen LogP contribution is 2.34. The molecule has 1 aromatic heterocycles. The number of pyridine rings is 1. The smallest absolute Gasteiger partial charge is 0.209 e. The van der Waals surface area contributed by atoms with Gasteiger partial charge >= 0.3 is 6.18 Å². The van der Waals surface area contributed by atoms with Gasteiger partial charge in [-0.25, -0.2) is 13.8 Å². The largest absolute Gasteiger partial charge is 0.436 e. The summed E-state index contributed by atoms with van der Waals surface area (Å²) in [7, 11) is 0. The van der Waals surface area contributed by atoms with Gasteiger partial charge in [0.2, 0.25) is 5.95 Å². The molecule has 150 valence electrons. The fraction of sp³-hybridized carbons (Fsp3) is 0.0526. The summed E-state index contributed by atoms with van der Waals surface area (Å²) in [4.78, 5) is 2.19. The van der Waals surface area contributed by atoms with Crippen LogP contribution in [-0.4, -0.2) is 4.98 Å². The zero-order valence-corrected chi connectivity index (χ0v) is 14.6. The third kappa shape index (κ3) is 3.85. The highest BCUT2D eigenvalue weighted by Gasteiger charge is 2.40. The van der Waals surface area contributed by atoms with Crippen molar-refractivity contribution in [1.82, 2.24) is 4.98 Å². The van der Waals surface area contributed by atoms with Gasteiger partial charge in [0.05, 0.1) is 34.4 Å². The molecule has 1 heterocycles. The molecule has 0 aliphatic carbocycles. The lowest BCUT2D eigenvalue weighted by atomic mass is 9.96. The number of hydrogen-bond acceptors (Lipinski definition) is 6. The number of nitriles is 5. The number of rotatable bonds is 1. The van der Waals surface area contributed by atoms with Gasteiger partial charge in [-0.15, -0.1) is 0 Å². The van der Waals surface area contributed by atoms with E-state index in [2.05, 4.69) is 4.98 Å². The molecule has 0 unspecified atom stereocenters. The summed E-state index contributed by atoms with van der Waals surface area (Å²) in [6.07, 6.45) is -5.54. The summed E-state index contributed by atoms with van der Waals surface area (Å²) >= 11 is 0. The molecule has 0 atom stereocenters. The molecule has 0 fully saturated rings. The Hall–Kier alpha value is -4.86. The van der Waals surface area contributed by atoms with E-state index in [4.69, 9.17) is 10.5 Å². The molecule has 0 bridgehead atoms. The van der Waals surface area contributed by atoms with Crippen molar-refractivity contribution in [2.45, 2.75) is 6.18 Å². The maximum absolute atomic E-state index is 14.5. The number of hydrogen-bond donors (Lipinski definition) is 0. The minimum Gasteiger partial charge on any atom is -0.209 e. The SMILES string of the molecule is N#CC(C#N)=c1cc(C#N)/c(=C(/C#N)c2c(F)c(F)nc(C(F)(F)F)c2F)cc1C#N. The molecule has 0 aliphatic rings. The predicted molar refractivity (Wildman–Crippen MR) is 87.0 cm³/mol. The predicted octanol–water partition coefficient (Wildman–Crippen LogP) is 2.18. The first-order chi connectivity index (χ1) is 14.5. The average Bonchev–Trinajstić information content (AvgIpc) is 2.73. The topological polar surface area (TPSA) is 132 Å². The first kappa shape index (κ1) is 22.4. The molecule has 0 N–H and O–H groups in total. The van der Waals surface area contributed by atoms with E-state index in [-0.39, 0.29) is 5.22 Å². The zero-order chi connectivity index (χ0) is 23.5. The fourth-order valence-corrected chi connectivity index (χ4v) is 2.52. The van der Waals surface area contributed by atoms with E-state index < -0.39 is 62.5 Å². The second-order valence-electron chi connectivity index (χ2n) is 5.50. The lowest BCUT2D eigenvalue weighted by Crippen LogP contribution is -2.23. The number of alkyl halides is 3. The molecule has 31 heavy (non-hydrogen) atoms. The maximum Gasteiger partial charge on any atom is 0.436 e. The summed E-state index contributed by atoms with van der Waals surface area (Å²) in [5.74, 6) is -6.98. The Balaban J connectivity index is 3.24. The Kier molecular flexibility index (Phi) is 5.97. The zero-order valence-electron chi connectivity index (χ0n) is 14.6. The first-order valence-electron chi connectivity index (χ1n) is 7.60. The summed E-state index contributed by atoms with van der Waals surface area (Å²) in [5, 5.41) is 44.8. The van der Waals surface area contributed by atoms with Crippen LogP contribution in [0.5, 0.6) is 0 Å². The highest BCUT2D eigenvalue weighted by molar-refractivity contribution is 5.80. The van der Waals surface area contributed by atoms with E-state index in [1.807, 2.05) is 0 Å². The number of benzene rings is 1. The van der Waals surface area contributed by atoms with Gasteiger partial charge in [0, 0.05) is 10.4 Å². The van der Waals surface area contributed by atoms with E-state index in [9.17, 15) is 42.1 Å². The molecule has 0 aliphatic heterocycles. The fourth-order valence-electron chi connectivity index (χ4n) is 2.52. The van der Waals surface area contributed by atoms with Gasteiger partial charge in [-0.05, 0) is 12.1 Å². The summed E-state index contributed by atoms with van der Waals surface area (Å²) in [6, 6.07) is 8.58. The average molecular weight is 428 g/mol. The van der Waals surface area contributed by atoms with Gasteiger partial charge in [-0.1, -0.05) is 0 Å². The van der Waals surface area contributed by atoms with Crippen LogP contribution in [0.25, 0.3) is 11.1 Å². The van der Waals surface area contributed by atoms with Crippen LogP contribution in [0.15, 0.2) is 12.1 Å². The molecule has 0 amide bonds. The third-order valence-corrected chi connectivity index (χ3v) is 3.83. The quantitative estimate of drug-likeness (QED) is 0.505. The monoisotopic (exact) mass is 428 g/mol. The molecule has 0 radical (unpaired) electrons. The molecule has 12 heteroatoms.